The lowest BCUT2D eigenvalue weighted by molar-refractivity contribution is 0.102. The van der Waals surface area contributed by atoms with Crippen molar-refractivity contribution in [1.82, 2.24) is 9.97 Å². The van der Waals surface area contributed by atoms with Crippen LogP contribution in [0.1, 0.15) is 30.3 Å². The Kier molecular flexibility index (Phi) is 5.10. The average Bonchev–Trinajstić information content (AvgIpc) is 2.62. The number of amides is 1. The summed E-state index contributed by atoms with van der Waals surface area (Å²) in [6, 6.07) is 5.27. The summed E-state index contributed by atoms with van der Waals surface area (Å²) in [4.78, 5) is 20.6. The highest BCUT2D eigenvalue weighted by Gasteiger charge is 2.14. The van der Waals surface area contributed by atoms with Crippen molar-refractivity contribution in [2.75, 3.05) is 30.4 Å². The normalized spacial score (nSPS) is 12.5. The lowest BCUT2D eigenvalue weighted by atomic mass is 10.2. The number of aromatic nitrogens is 2. The van der Waals surface area contributed by atoms with Crippen molar-refractivity contribution in [3.63, 3.8) is 0 Å². The summed E-state index contributed by atoms with van der Waals surface area (Å²) in [5, 5.41) is 5.94. The maximum Gasteiger partial charge on any atom is 0.275 e. The van der Waals surface area contributed by atoms with Crippen molar-refractivity contribution in [1.29, 1.82) is 0 Å². The van der Waals surface area contributed by atoms with E-state index in [1.807, 2.05) is 0 Å². The molecule has 0 fully saturated rings. The Morgan fingerprint density at radius 3 is 2.75 bits per heavy atom. The second kappa shape index (κ2) is 7.63. The zero-order chi connectivity index (χ0) is 16.8. The van der Waals surface area contributed by atoms with Crippen LogP contribution in [0.25, 0.3) is 0 Å². The van der Waals surface area contributed by atoms with Gasteiger partial charge in [0.2, 0.25) is 0 Å². The first-order chi connectivity index (χ1) is 11.8. The summed E-state index contributed by atoms with van der Waals surface area (Å²) >= 11 is 0. The first-order valence-electron chi connectivity index (χ1n) is 8.03. The number of hydrogen-bond donors (Lipinski definition) is 2. The van der Waals surface area contributed by atoms with Gasteiger partial charge in [-0.2, -0.15) is 0 Å². The zero-order valence-corrected chi connectivity index (χ0v) is 13.5. The molecule has 1 aliphatic rings. The maximum atomic E-state index is 12.2. The molecule has 0 aliphatic carbocycles. The second-order valence-electron chi connectivity index (χ2n) is 5.38. The molecule has 0 spiro atoms. The molecule has 24 heavy (non-hydrogen) atoms. The van der Waals surface area contributed by atoms with Crippen LogP contribution in [-0.4, -0.2) is 35.6 Å². The van der Waals surface area contributed by atoms with Gasteiger partial charge < -0.3 is 20.1 Å². The Labute approximate surface area is 140 Å². The molecule has 0 radical (unpaired) electrons. The third kappa shape index (κ3) is 3.92. The van der Waals surface area contributed by atoms with Crippen LogP contribution in [-0.2, 0) is 0 Å². The van der Waals surface area contributed by atoms with Gasteiger partial charge in [0.05, 0.1) is 12.4 Å². The predicted octanol–water partition coefficient (Wildman–Crippen LogP) is 2.71. The molecule has 1 amide bonds. The van der Waals surface area contributed by atoms with E-state index in [-0.39, 0.29) is 11.6 Å². The molecule has 1 aliphatic heterocycles. The SMILES string of the molecule is CCCCNc1cnc(C(=O)Nc2ccc3c(c2)OCCO3)cn1. The highest BCUT2D eigenvalue weighted by atomic mass is 16.6. The maximum absolute atomic E-state index is 12.2. The number of fused-ring (bicyclic) bond motifs is 1. The van der Waals surface area contributed by atoms with Gasteiger partial charge >= 0.3 is 0 Å². The fourth-order valence-electron chi connectivity index (χ4n) is 2.25. The van der Waals surface area contributed by atoms with Crippen LogP contribution < -0.4 is 20.1 Å². The van der Waals surface area contributed by atoms with Crippen LogP contribution in [0.15, 0.2) is 30.6 Å². The smallest absolute Gasteiger partial charge is 0.275 e. The number of carbonyl (C=O) groups is 1. The molecule has 0 saturated carbocycles. The molecule has 0 unspecified atom stereocenters. The number of rotatable bonds is 6. The van der Waals surface area contributed by atoms with Crippen LogP contribution in [0.4, 0.5) is 11.5 Å². The van der Waals surface area contributed by atoms with Gasteiger partial charge in [-0.3, -0.25) is 4.79 Å². The van der Waals surface area contributed by atoms with Gasteiger partial charge in [-0.15, -0.1) is 0 Å². The van der Waals surface area contributed by atoms with Crippen molar-refractivity contribution >= 4 is 17.4 Å². The highest BCUT2D eigenvalue weighted by Crippen LogP contribution is 2.32. The Morgan fingerprint density at radius 2 is 2.00 bits per heavy atom. The minimum atomic E-state index is -0.320. The molecule has 0 saturated heterocycles. The summed E-state index contributed by atoms with van der Waals surface area (Å²) in [5.41, 5.74) is 0.877. The summed E-state index contributed by atoms with van der Waals surface area (Å²) < 4.78 is 11.0. The number of benzene rings is 1. The van der Waals surface area contributed by atoms with Gasteiger partial charge in [0.1, 0.15) is 24.7 Å². The number of ether oxygens (including phenoxy) is 2. The molecule has 2 heterocycles. The summed E-state index contributed by atoms with van der Waals surface area (Å²) in [6.07, 6.45) is 5.19. The summed E-state index contributed by atoms with van der Waals surface area (Å²) in [6.45, 7) is 4.00. The molecule has 1 aromatic carbocycles. The molecular weight excluding hydrogens is 308 g/mol. The lowest BCUT2D eigenvalue weighted by Gasteiger charge is -2.18. The van der Waals surface area contributed by atoms with Crippen molar-refractivity contribution < 1.29 is 14.3 Å². The van der Waals surface area contributed by atoms with Crippen LogP contribution in [0, 0.1) is 0 Å². The average molecular weight is 328 g/mol. The largest absolute Gasteiger partial charge is 0.486 e. The van der Waals surface area contributed by atoms with Crippen molar-refractivity contribution in [3.8, 4) is 11.5 Å². The van der Waals surface area contributed by atoms with Gasteiger partial charge in [0.25, 0.3) is 5.91 Å². The van der Waals surface area contributed by atoms with Crippen molar-refractivity contribution in [2.45, 2.75) is 19.8 Å². The molecule has 0 bridgehead atoms. The van der Waals surface area contributed by atoms with Gasteiger partial charge in [0, 0.05) is 18.3 Å². The topological polar surface area (TPSA) is 85.4 Å². The second-order valence-corrected chi connectivity index (χ2v) is 5.38. The molecule has 126 valence electrons. The third-order valence-electron chi connectivity index (χ3n) is 3.52. The van der Waals surface area contributed by atoms with Crippen LogP contribution in [0.5, 0.6) is 11.5 Å². The summed E-state index contributed by atoms with van der Waals surface area (Å²) in [7, 11) is 0. The van der Waals surface area contributed by atoms with Gasteiger partial charge in [-0.1, -0.05) is 13.3 Å². The Hall–Kier alpha value is -2.83. The Balaban J connectivity index is 1.62. The van der Waals surface area contributed by atoms with E-state index in [4.69, 9.17) is 9.47 Å². The Bertz CT molecular complexity index is 703. The monoisotopic (exact) mass is 328 g/mol. The van der Waals surface area contributed by atoms with E-state index in [0.717, 1.165) is 19.4 Å². The van der Waals surface area contributed by atoms with E-state index in [2.05, 4.69) is 27.5 Å². The minimum absolute atomic E-state index is 0.255. The Morgan fingerprint density at radius 1 is 1.17 bits per heavy atom. The molecule has 7 heteroatoms. The highest BCUT2D eigenvalue weighted by molar-refractivity contribution is 6.02. The van der Waals surface area contributed by atoms with E-state index in [1.165, 1.54) is 6.20 Å². The van der Waals surface area contributed by atoms with Gasteiger partial charge in [-0.05, 0) is 18.6 Å². The van der Waals surface area contributed by atoms with Crippen LogP contribution in [0.3, 0.4) is 0 Å². The van der Waals surface area contributed by atoms with E-state index >= 15 is 0 Å². The summed E-state index contributed by atoms with van der Waals surface area (Å²) in [5.74, 6) is 1.65. The molecule has 2 N–H and O–H groups in total. The number of unbranched alkanes of at least 4 members (excludes halogenated alkanes) is 1. The molecule has 0 atom stereocenters. The first kappa shape index (κ1) is 16.0. The van der Waals surface area contributed by atoms with E-state index in [9.17, 15) is 4.79 Å². The van der Waals surface area contributed by atoms with Crippen LogP contribution >= 0.6 is 0 Å². The number of nitrogens with zero attached hydrogens (tertiary/aromatic N) is 2. The number of hydrogen-bond acceptors (Lipinski definition) is 6. The molecule has 1 aromatic heterocycles. The number of carbonyl (C=O) groups excluding carboxylic acids is 1. The van der Waals surface area contributed by atoms with Gasteiger partial charge in [-0.25, -0.2) is 9.97 Å². The van der Waals surface area contributed by atoms with E-state index < -0.39 is 0 Å². The third-order valence-corrected chi connectivity index (χ3v) is 3.52. The van der Waals surface area contributed by atoms with Gasteiger partial charge in [0.15, 0.2) is 11.5 Å². The minimum Gasteiger partial charge on any atom is -0.486 e. The molecular formula is C17H20N4O3. The molecule has 3 rings (SSSR count). The van der Waals surface area contributed by atoms with E-state index in [0.29, 0.717) is 36.2 Å². The van der Waals surface area contributed by atoms with E-state index in [1.54, 1.807) is 24.4 Å². The van der Waals surface area contributed by atoms with Crippen molar-refractivity contribution in [3.05, 3.63) is 36.3 Å². The molecule has 2 aromatic rings. The fourth-order valence-corrected chi connectivity index (χ4v) is 2.25. The predicted molar refractivity (Wildman–Crippen MR) is 90.8 cm³/mol. The zero-order valence-electron chi connectivity index (χ0n) is 13.5. The quantitative estimate of drug-likeness (QED) is 0.793. The first-order valence-corrected chi connectivity index (χ1v) is 8.03. The molecule has 7 nitrogen and oxygen atoms in total. The number of anilines is 2. The van der Waals surface area contributed by atoms with Crippen LogP contribution in [0.2, 0.25) is 0 Å². The number of nitrogens with one attached hydrogen (secondary N) is 2. The van der Waals surface area contributed by atoms with Crippen molar-refractivity contribution in [2.24, 2.45) is 0 Å². The standard InChI is InChI=1S/C17H20N4O3/c1-2-3-6-18-16-11-19-13(10-20-16)17(22)21-12-4-5-14-15(9-12)24-8-7-23-14/h4-5,9-11H,2-3,6-8H2,1H3,(H,18,20)(H,21,22). The fraction of sp³-hybridized carbons (Fsp3) is 0.353. The lowest BCUT2D eigenvalue weighted by Crippen LogP contribution is -2.17.